The number of rotatable bonds is 3. The van der Waals surface area contributed by atoms with Crippen LogP contribution in [0.15, 0.2) is 42.5 Å². The van der Waals surface area contributed by atoms with Crippen LogP contribution >= 0.6 is 0 Å². The minimum atomic E-state index is -0.303. The maximum Gasteiger partial charge on any atom is 0.228 e. The first kappa shape index (κ1) is 14.3. The lowest BCUT2D eigenvalue weighted by atomic mass is 10.1. The maximum absolute atomic E-state index is 13.1. The first-order valence-corrected chi connectivity index (χ1v) is 7.17. The van der Waals surface area contributed by atoms with E-state index in [0.29, 0.717) is 11.3 Å². The molecule has 0 aliphatic carbocycles. The van der Waals surface area contributed by atoms with Crippen molar-refractivity contribution in [1.82, 2.24) is 4.98 Å². The Hall–Kier alpha value is -2.62. The number of aromatic amines is 1. The molecule has 22 heavy (non-hydrogen) atoms. The number of hydrogen-bond acceptors (Lipinski definition) is 1. The smallest absolute Gasteiger partial charge is 0.228 e. The molecule has 0 aliphatic heterocycles. The van der Waals surface area contributed by atoms with E-state index in [1.165, 1.54) is 12.1 Å². The summed E-state index contributed by atoms with van der Waals surface area (Å²) in [7, 11) is 0. The Morgan fingerprint density at radius 2 is 1.95 bits per heavy atom. The number of amides is 1. The van der Waals surface area contributed by atoms with Crippen LogP contribution in [0, 0.1) is 19.7 Å². The zero-order valence-electron chi connectivity index (χ0n) is 12.5. The van der Waals surface area contributed by atoms with Gasteiger partial charge < -0.3 is 10.3 Å². The van der Waals surface area contributed by atoms with Crippen molar-refractivity contribution >= 4 is 22.5 Å². The number of para-hydroxylation sites is 1. The quantitative estimate of drug-likeness (QED) is 0.750. The number of carbonyl (C=O) groups excluding carboxylic acids is 1. The van der Waals surface area contributed by atoms with Gasteiger partial charge in [0.1, 0.15) is 5.82 Å². The molecular formula is C18H17FN2O. The number of aromatic nitrogens is 1. The lowest BCUT2D eigenvalue weighted by Crippen LogP contribution is -2.15. The third kappa shape index (κ3) is 2.72. The van der Waals surface area contributed by atoms with Crippen LogP contribution in [0.2, 0.25) is 0 Å². The topological polar surface area (TPSA) is 44.9 Å². The molecule has 0 saturated heterocycles. The van der Waals surface area contributed by atoms with Crippen LogP contribution in [0.5, 0.6) is 0 Å². The second-order valence-corrected chi connectivity index (χ2v) is 5.46. The van der Waals surface area contributed by atoms with Gasteiger partial charge in [0.05, 0.1) is 6.42 Å². The second-order valence-electron chi connectivity index (χ2n) is 5.46. The molecule has 3 aromatic rings. The fourth-order valence-electron chi connectivity index (χ4n) is 2.68. The number of anilines is 1. The van der Waals surface area contributed by atoms with Crippen LogP contribution in [0.1, 0.15) is 16.8 Å². The van der Waals surface area contributed by atoms with Gasteiger partial charge in [0.25, 0.3) is 0 Å². The van der Waals surface area contributed by atoms with Gasteiger partial charge in [0.2, 0.25) is 5.91 Å². The highest BCUT2D eigenvalue weighted by Crippen LogP contribution is 2.23. The summed E-state index contributed by atoms with van der Waals surface area (Å²) >= 11 is 0. The monoisotopic (exact) mass is 296 g/mol. The van der Waals surface area contributed by atoms with Crippen LogP contribution in [0.4, 0.5) is 10.1 Å². The Labute approximate surface area is 128 Å². The van der Waals surface area contributed by atoms with Crippen LogP contribution < -0.4 is 5.32 Å². The van der Waals surface area contributed by atoms with Gasteiger partial charge in [0, 0.05) is 22.3 Å². The van der Waals surface area contributed by atoms with E-state index >= 15 is 0 Å². The first-order chi connectivity index (χ1) is 10.5. The zero-order chi connectivity index (χ0) is 15.7. The molecule has 1 heterocycles. The van der Waals surface area contributed by atoms with E-state index in [4.69, 9.17) is 0 Å². The van der Waals surface area contributed by atoms with Crippen molar-refractivity contribution in [3.63, 3.8) is 0 Å². The molecule has 4 heteroatoms. The fourth-order valence-corrected chi connectivity index (χ4v) is 2.68. The molecule has 3 rings (SSSR count). The molecule has 112 valence electrons. The summed E-state index contributed by atoms with van der Waals surface area (Å²) in [5, 5.41) is 3.91. The van der Waals surface area contributed by atoms with E-state index in [1.54, 1.807) is 13.0 Å². The lowest BCUT2D eigenvalue weighted by Gasteiger charge is -2.08. The van der Waals surface area contributed by atoms with Crippen molar-refractivity contribution < 1.29 is 9.18 Å². The van der Waals surface area contributed by atoms with Gasteiger partial charge in [-0.3, -0.25) is 4.79 Å². The van der Waals surface area contributed by atoms with Crippen LogP contribution in [-0.4, -0.2) is 10.9 Å². The van der Waals surface area contributed by atoms with Crippen molar-refractivity contribution in [3.8, 4) is 0 Å². The number of nitrogens with one attached hydrogen (secondary N) is 2. The third-order valence-electron chi connectivity index (χ3n) is 3.83. The number of H-pyrrole nitrogens is 1. The van der Waals surface area contributed by atoms with Crippen molar-refractivity contribution in [3.05, 3.63) is 65.1 Å². The van der Waals surface area contributed by atoms with E-state index in [0.717, 1.165) is 22.2 Å². The predicted octanol–water partition coefficient (Wildman–Crippen LogP) is 4.11. The summed E-state index contributed by atoms with van der Waals surface area (Å²) in [6.07, 6.45) is 0.284. The number of fused-ring (bicyclic) bond motifs is 1. The van der Waals surface area contributed by atoms with E-state index in [9.17, 15) is 9.18 Å². The molecule has 2 N–H and O–H groups in total. The number of benzene rings is 2. The molecule has 0 unspecified atom stereocenters. The van der Waals surface area contributed by atoms with Crippen LogP contribution in [0.3, 0.4) is 0 Å². The van der Waals surface area contributed by atoms with Crippen LogP contribution in [-0.2, 0) is 11.2 Å². The average molecular weight is 296 g/mol. The van der Waals surface area contributed by atoms with Crippen molar-refractivity contribution in [2.75, 3.05) is 5.32 Å². The third-order valence-corrected chi connectivity index (χ3v) is 3.83. The maximum atomic E-state index is 13.1. The molecule has 1 amide bonds. The van der Waals surface area contributed by atoms with Crippen LogP contribution in [0.25, 0.3) is 10.9 Å². The standard InChI is InChI=1S/C18H17FN2O/c1-11-9-13(19)7-8-16(11)21-18(22)10-15-12(2)20-17-6-4-3-5-14(15)17/h3-9,20H,10H2,1-2H3,(H,21,22). The molecule has 0 spiro atoms. The summed E-state index contributed by atoms with van der Waals surface area (Å²) in [4.78, 5) is 15.6. The van der Waals surface area contributed by atoms with Gasteiger partial charge in [-0.05, 0) is 49.2 Å². The number of aryl methyl sites for hydroxylation is 2. The first-order valence-electron chi connectivity index (χ1n) is 7.17. The Kier molecular flexibility index (Phi) is 3.67. The predicted molar refractivity (Wildman–Crippen MR) is 86.5 cm³/mol. The number of carbonyl (C=O) groups is 1. The van der Waals surface area contributed by atoms with Gasteiger partial charge >= 0.3 is 0 Å². The Morgan fingerprint density at radius 1 is 1.18 bits per heavy atom. The van der Waals surface area contributed by atoms with Gasteiger partial charge in [-0.15, -0.1) is 0 Å². The number of hydrogen-bond donors (Lipinski definition) is 2. The molecule has 0 bridgehead atoms. The molecular weight excluding hydrogens is 279 g/mol. The van der Waals surface area contributed by atoms with E-state index in [2.05, 4.69) is 10.3 Å². The second kappa shape index (κ2) is 5.64. The van der Waals surface area contributed by atoms with Crippen molar-refractivity contribution in [2.24, 2.45) is 0 Å². The Morgan fingerprint density at radius 3 is 2.73 bits per heavy atom. The highest BCUT2D eigenvalue weighted by molar-refractivity contribution is 5.96. The van der Waals surface area contributed by atoms with Crippen molar-refractivity contribution in [2.45, 2.75) is 20.3 Å². The average Bonchev–Trinajstić information content (AvgIpc) is 2.78. The van der Waals surface area contributed by atoms with E-state index in [-0.39, 0.29) is 18.1 Å². The Bertz CT molecular complexity index is 851. The SMILES string of the molecule is Cc1cc(F)ccc1NC(=O)Cc1c(C)[nH]c2ccccc12. The summed E-state index contributed by atoms with van der Waals surface area (Å²) in [5.74, 6) is -0.412. The summed E-state index contributed by atoms with van der Waals surface area (Å²) < 4.78 is 13.1. The molecule has 0 radical (unpaired) electrons. The Balaban J connectivity index is 1.83. The summed E-state index contributed by atoms with van der Waals surface area (Å²) in [6.45, 7) is 3.74. The highest BCUT2D eigenvalue weighted by atomic mass is 19.1. The minimum absolute atomic E-state index is 0.109. The summed E-state index contributed by atoms with van der Waals surface area (Å²) in [6, 6.07) is 12.3. The molecule has 3 nitrogen and oxygen atoms in total. The fraction of sp³-hybridized carbons (Fsp3) is 0.167. The van der Waals surface area contributed by atoms with Crippen molar-refractivity contribution in [1.29, 1.82) is 0 Å². The molecule has 0 aliphatic rings. The minimum Gasteiger partial charge on any atom is -0.358 e. The molecule has 0 atom stereocenters. The molecule has 1 aromatic heterocycles. The molecule has 0 fully saturated rings. The molecule has 0 saturated carbocycles. The van der Waals surface area contributed by atoms with E-state index < -0.39 is 0 Å². The highest BCUT2D eigenvalue weighted by Gasteiger charge is 2.13. The number of halogens is 1. The van der Waals surface area contributed by atoms with E-state index in [1.807, 2.05) is 31.2 Å². The van der Waals surface area contributed by atoms with Gasteiger partial charge in [-0.1, -0.05) is 18.2 Å². The zero-order valence-corrected chi connectivity index (χ0v) is 12.5. The molecule has 2 aromatic carbocycles. The summed E-state index contributed by atoms with van der Waals surface area (Å²) in [5.41, 5.74) is 4.37. The largest absolute Gasteiger partial charge is 0.358 e. The lowest BCUT2D eigenvalue weighted by molar-refractivity contribution is -0.115. The normalized spacial score (nSPS) is 10.9. The van der Waals surface area contributed by atoms with Gasteiger partial charge in [-0.2, -0.15) is 0 Å². The van der Waals surface area contributed by atoms with Gasteiger partial charge in [0.15, 0.2) is 0 Å². The van der Waals surface area contributed by atoms with Gasteiger partial charge in [-0.25, -0.2) is 4.39 Å².